The van der Waals surface area contributed by atoms with E-state index in [1.165, 1.54) is 37.7 Å². The third-order valence-corrected chi connectivity index (χ3v) is 4.26. The molecule has 0 amide bonds. The van der Waals surface area contributed by atoms with E-state index in [4.69, 9.17) is 0 Å². The summed E-state index contributed by atoms with van der Waals surface area (Å²) in [6.07, 6.45) is 18.2. The minimum Gasteiger partial charge on any atom is -0.0845 e. The molecule has 2 unspecified atom stereocenters. The van der Waals surface area contributed by atoms with Gasteiger partial charge in [0.05, 0.1) is 0 Å². The van der Waals surface area contributed by atoms with E-state index in [-0.39, 0.29) is 0 Å². The van der Waals surface area contributed by atoms with Gasteiger partial charge in [0.15, 0.2) is 0 Å². The Hall–Kier alpha value is -1.56. The Morgan fingerprint density at radius 2 is 1.84 bits per heavy atom. The van der Waals surface area contributed by atoms with E-state index in [0.717, 1.165) is 5.92 Å². The topological polar surface area (TPSA) is 0 Å². The molecule has 0 fully saturated rings. The lowest BCUT2D eigenvalue weighted by Crippen LogP contribution is -2.12. The first-order valence-electron chi connectivity index (χ1n) is 7.50. The fourth-order valence-corrected chi connectivity index (χ4v) is 3.15. The molecule has 0 bridgehead atoms. The lowest BCUT2D eigenvalue weighted by molar-refractivity contribution is 0.488. The summed E-state index contributed by atoms with van der Waals surface area (Å²) in [7, 11) is 0. The van der Waals surface area contributed by atoms with Crippen molar-refractivity contribution in [3.05, 3.63) is 71.8 Å². The van der Waals surface area contributed by atoms with Gasteiger partial charge in [0.25, 0.3) is 0 Å². The predicted molar refractivity (Wildman–Crippen MR) is 82.0 cm³/mol. The maximum Gasteiger partial charge on any atom is 0.00150 e. The zero-order valence-corrected chi connectivity index (χ0v) is 11.5. The zero-order chi connectivity index (χ0) is 12.9. The van der Waals surface area contributed by atoms with E-state index in [0.29, 0.717) is 5.92 Å². The van der Waals surface area contributed by atoms with Gasteiger partial charge >= 0.3 is 0 Å². The molecule has 3 rings (SSSR count). The second kappa shape index (κ2) is 6.06. The molecule has 2 aliphatic carbocycles. The Bertz CT molecular complexity index is 490. The molecule has 0 spiro atoms. The van der Waals surface area contributed by atoms with Crippen LogP contribution in [0.25, 0.3) is 0 Å². The molecule has 0 saturated carbocycles. The maximum atomic E-state index is 2.45. The van der Waals surface area contributed by atoms with Gasteiger partial charge in [0.2, 0.25) is 0 Å². The Labute approximate surface area is 116 Å². The fourth-order valence-electron chi connectivity index (χ4n) is 3.15. The summed E-state index contributed by atoms with van der Waals surface area (Å²) < 4.78 is 0. The standard InChI is InChI=1S/C19H22/c1-3-7-16(8-4-1)15-17-11-13-19(14-12-17)18-9-5-2-6-10-18/h1,3-5,7-11,13,17,19H,2,6,12,14-15H2. The first-order chi connectivity index (χ1) is 9.42. The summed E-state index contributed by atoms with van der Waals surface area (Å²) in [5, 5.41) is 0. The monoisotopic (exact) mass is 250 g/mol. The maximum absolute atomic E-state index is 2.45. The molecule has 0 radical (unpaired) electrons. The molecule has 0 heteroatoms. The van der Waals surface area contributed by atoms with Crippen LogP contribution >= 0.6 is 0 Å². The first-order valence-corrected chi connectivity index (χ1v) is 7.50. The summed E-state index contributed by atoms with van der Waals surface area (Å²) in [5.41, 5.74) is 3.01. The molecule has 0 aliphatic heterocycles. The smallest absolute Gasteiger partial charge is 0.00150 e. The molecule has 1 aromatic carbocycles. The molecule has 0 N–H and O–H groups in total. The zero-order valence-electron chi connectivity index (χ0n) is 11.5. The van der Waals surface area contributed by atoms with Crippen LogP contribution < -0.4 is 0 Å². The van der Waals surface area contributed by atoms with E-state index in [1.807, 2.05) is 0 Å². The molecule has 19 heavy (non-hydrogen) atoms. The summed E-state index contributed by atoms with van der Waals surface area (Å²) >= 11 is 0. The van der Waals surface area contributed by atoms with Crippen LogP contribution in [-0.2, 0) is 6.42 Å². The molecule has 0 nitrogen and oxygen atoms in total. The van der Waals surface area contributed by atoms with Crippen LogP contribution in [0.15, 0.2) is 66.3 Å². The summed E-state index contributed by atoms with van der Waals surface area (Å²) in [4.78, 5) is 0. The van der Waals surface area contributed by atoms with Gasteiger partial charge in [-0.15, -0.1) is 0 Å². The average Bonchev–Trinajstić information content (AvgIpc) is 2.50. The van der Waals surface area contributed by atoms with Gasteiger partial charge < -0.3 is 0 Å². The number of hydrogen-bond donors (Lipinski definition) is 0. The number of hydrogen-bond acceptors (Lipinski definition) is 0. The Morgan fingerprint density at radius 1 is 0.947 bits per heavy atom. The van der Waals surface area contributed by atoms with Gasteiger partial charge in [-0.3, -0.25) is 0 Å². The highest BCUT2D eigenvalue weighted by Gasteiger charge is 2.18. The molecule has 0 heterocycles. The van der Waals surface area contributed by atoms with E-state index in [9.17, 15) is 0 Å². The summed E-state index contributed by atoms with van der Waals surface area (Å²) in [6.45, 7) is 0. The van der Waals surface area contributed by atoms with Gasteiger partial charge in [-0.25, -0.2) is 0 Å². The van der Waals surface area contributed by atoms with Crippen molar-refractivity contribution in [1.29, 1.82) is 0 Å². The normalized spacial score (nSPS) is 26.2. The van der Waals surface area contributed by atoms with E-state index < -0.39 is 0 Å². The molecule has 98 valence electrons. The van der Waals surface area contributed by atoms with E-state index in [1.54, 1.807) is 5.57 Å². The average molecular weight is 250 g/mol. The van der Waals surface area contributed by atoms with Gasteiger partial charge in [0.1, 0.15) is 0 Å². The van der Waals surface area contributed by atoms with E-state index >= 15 is 0 Å². The molecule has 1 aromatic rings. The second-order valence-electron chi connectivity index (χ2n) is 5.70. The predicted octanol–water partition coefficient (Wildman–Crippen LogP) is 5.09. The van der Waals surface area contributed by atoms with Crippen molar-refractivity contribution >= 4 is 0 Å². The quantitative estimate of drug-likeness (QED) is 0.656. The Balaban J connectivity index is 1.61. The highest BCUT2D eigenvalue weighted by molar-refractivity contribution is 5.29. The minimum absolute atomic E-state index is 0.670. The minimum atomic E-state index is 0.670. The number of allylic oxidation sites excluding steroid dienone is 6. The molecule has 0 saturated heterocycles. The molecular formula is C19H22. The molecule has 2 atom stereocenters. The van der Waals surface area contributed by atoms with Crippen LogP contribution in [-0.4, -0.2) is 0 Å². The highest BCUT2D eigenvalue weighted by atomic mass is 14.2. The van der Waals surface area contributed by atoms with Crippen molar-refractivity contribution in [2.24, 2.45) is 11.8 Å². The van der Waals surface area contributed by atoms with Crippen LogP contribution in [0.2, 0.25) is 0 Å². The van der Waals surface area contributed by atoms with Gasteiger partial charge in [-0.2, -0.15) is 0 Å². The van der Waals surface area contributed by atoms with Gasteiger partial charge in [-0.05, 0) is 49.2 Å². The van der Waals surface area contributed by atoms with Crippen molar-refractivity contribution in [3.8, 4) is 0 Å². The summed E-state index contributed by atoms with van der Waals surface area (Å²) in [6, 6.07) is 10.9. The molecular weight excluding hydrogens is 228 g/mol. The van der Waals surface area contributed by atoms with Crippen LogP contribution in [0, 0.1) is 11.8 Å². The largest absolute Gasteiger partial charge is 0.0845 e. The number of benzene rings is 1. The molecule has 2 aliphatic rings. The third kappa shape index (κ3) is 3.26. The van der Waals surface area contributed by atoms with E-state index in [2.05, 4.69) is 60.7 Å². The van der Waals surface area contributed by atoms with Crippen LogP contribution in [0.4, 0.5) is 0 Å². The van der Waals surface area contributed by atoms with Crippen molar-refractivity contribution in [3.63, 3.8) is 0 Å². The van der Waals surface area contributed by atoms with Gasteiger partial charge in [0, 0.05) is 5.92 Å². The first kappa shape index (κ1) is 12.5. The second-order valence-corrected chi connectivity index (χ2v) is 5.70. The van der Waals surface area contributed by atoms with Crippen LogP contribution in [0.3, 0.4) is 0 Å². The van der Waals surface area contributed by atoms with Crippen molar-refractivity contribution in [2.75, 3.05) is 0 Å². The summed E-state index contributed by atoms with van der Waals surface area (Å²) in [5.74, 6) is 1.40. The fraction of sp³-hybridized carbons (Fsp3) is 0.368. The SMILES string of the molecule is C1=CC(C2C=CC(Cc3ccccc3)CC2)=CCC1. The van der Waals surface area contributed by atoms with Crippen LogP contribution in [0.1, 0.15) is 31.2 Å². The lowest BCUT2D eigenvalue weighted by Gasteiger charge is -2.24. The van der Waals surface area contributed by atoms with Crippen molar-refractivity contribution in [1.82, 2.24) is 0 Å². The van der Waals surface area contributed by atoms with Crippen molar-refractivity contribution < 1.29 is 0 Å². The van der Waals surface area contributed by atoms with Crippen LogP contribution in [0.5, 0.6) is 0 Å². The van der Waals surface area contributed by atoms with Gasteiger partial charge in [-0.1, -0.05) is 60.7 Å². The lowest BCUT2D eigenvalue weighted by atomic mass is 9.81. The Kier molecular flexibility index (Phi) is 3.98. The number of rotatable bonds is 3. The highest BCUT2D eigenvalue weighted by Crippen LogP contribution is 2.31. The Morgan fingerprint density at radius 3 is 2.53 bits per heavy atom. The molecule has 0 aromatic heterocycles. The van der Waals surface area contributed by atoms with Crippen molar-refractivity contribution in [2.45, 2.75) is 32.1 Å². The third-order valence-electron chi connectivity index (χ3n) is 4.26.